The molecule has 0 radical (unpaired) electrons. The molecule has 3 aromatic carbocycles. The summed E-state index contributed by atoms with van der Waals surface area (Å²) in [7, 11) is 0. The van der Waals surface area contributed by atoms with Gasteiger partial charge in [0.25, 0.3) is 0 Å². The third-order valence-corrected chi connectivity index (χ3v) is 6.55. The van der Waals surface area contributed by atoms with Crippen LogP contribution in [0.5, 0.6) is 0 Å². The minimum Gasteiger partial charge on any atom is -0.390 e. The average molecular weight is 429 g/mol. The van der Waals surface area contributed by atoms with Crippen LogP contribution in [0.3, 0.4) is 0 Å². The standard InChI is InChI=1S/C26H21FN2OS/c27-22-10-4-2-8-20(22)24-15-26(21-9-3-5-11-23(21)28-24)31-17-19(30)16-29-14-13-18-7-1-6-12-25(18)29/h1-15,19,30H,16-17H2. The highest BCUT2D eigenvalue weighted by molar-refractivity contribution is 7.99. The first kappa shape index (κ1) is 19.8. The summed E-state index contributed by atoms with van der Waals surface area (Å²) in [5.74, 6) is 0.234. The highest BCUT2D eigenvalue weighted by Gasteiger charge is 2.13. The van der Waals surface area contributed by atoms with Crippen molar-refractivity contribution in [3.8, 4) is 11.3 Å². The van der Waals surface area contributed by atoms with Crippen molar-refractivity contribution in [1.29, 1.82) is 0 Å². The van der Waals surface area contributed by atoms with Gasteiger partial charge in [0.2, 0.25) is 0 Å². The number of hydrogen-bond acceptors (Lipinski definition) is 3. The van der Waals surface area contributed by atoms with E-state index in [1.807, 2.05) is 54.7 Å². The molecule has 154 valence electrons. The molecule has 1 atom stereocenters. The summed E-state index contributed by atoms with van der Waals surface area (Å²) in [5.41, 5.74) is 3.01. The molecule has 0 saturated heterocycles. The minimum absolute atomic E-state index is 0.291. The molecule has 0 spiro atoms. The van der Waals surface area contributed by atoms with Crippen LogP contribution in [-0.4, -0.2) is 26.5 Å². The fourth-order valence-corrected chi connectivity index (χ4v) is 4.84. The number of halogens is 1. The van der Waals surface area contributed by atoms with Crippen LogP contribution in [0.4, 0.5) is 4.39 Å². The van der Waals surface area contributed by atoms with Gasteiger partial charge < -0.3 is 9.67 Å². The van der Waals surface area contributed by atoms with Crippen LogP contribution in [0.25, 0.3) is 33.1 Å². The Hall–Kier alpha value is -3.15. The van der Waals surface area contributed by atoms with Crippen LogP contribution < -0.4 is 0 Å². The van der Waals surface area contributed by atoms with E-state index in [0.717, 1.165) is 26.7 Å². The van der Waals surface area contributed by atoms with Gasteiger partial charge in [-0.05, 0) is 41.8 Å². The van der Waals surface area contributed by atoms with Crippen molar-refractivity contribution in [2.24, 2.45) is 0 Å². The zero-order chi connectivity index (χ0) is 21.2. The van der Waals surface area contributed by atoms with Crippen molar-refractivity contribution in [2.75, 3.05) is 5.75 Å². The molecule has 0 aliphatic heterocycles. The maximum absolute atomic E-state index is 14.4. The highest BCUT2D eigenvalue weighted by Crippen LogP contribution is 2.33. The van der Waals surface area contributed by atoms with Crippen molar-refractivity contribution in [3.63, 3.8) is 0 Å². The number of pyridine rings is 1. The molecule has 2 heterocycles. The van der Waals surface area contributed by atoms with Gasteiger partial charge in [-0.2, -0.15) is 0 Å². The Kier molecular flexibility index (Phi) is 5.45. The lowest BCUT2D eigenvalue weighted by molar-refractivity contribution is 0.180. The van der Waals surface area contributed by atoms with Crippen LogP contribution in [0.1, 0.15) is 0 Å². The third kappa shape index (κ3) is 4.07. The summed E-state index contributed by atoms with van der Waals surface area (Å²) < 4.78 is 16.5. The van der Waals surface area contributed by atoms with Gasteiger partial charge >= 0.3 is 0 Å². The summed E-state index contributed by atoms with van der Waals surface area (Å²) in [6.07, 6.45) is 1.49. The first-order chi connectivity index (χ1) is 15.2. The molecular weight excluding hydrogens is 407 g/mol. The number of hydrogen-bond donors (Lipinski definition) is 1. The second-order valence-electron chi connectivity index (χ2n) is 7.49. The van der Waals surface area contributed by atoms with Gasteiger partial charge in [-0.1, -0.05) is 48.5 Å². The van der Waals surface area contributed by atoms with Crippen molar-refractivity contribution < 1.29 is 9.50 Å². The van der Waals surface area contributed by atoms with Gasteiger partial charge in [0.15, 0.2) is 0 Å². The van der Waals surface area contributed by atoms with Crippen molar-refractivity contribution >= 4 is 33.6 Å². The highest BCUT2D eigenvalue weighted by atomic mass is 32.2. The third-order valence-electron chi connectivity index (χ3n) is 5.35. The molecule has 5 heteroatoms. The zero-order valence-electron chi connectivity index (χ0n) is 16.8. The maximum atomic E-state index is 14.4. The van der Waals surface area contributed by atoms with Gasteiger partial charge in [-0.3, -0.25) is 0 Å². The lowest BCUT2D eigenvalue weighted by atomic mass is 10.1. The number of fused-ring (bicyclic) bond motifs is 2. The van der Waals surface area contributed by atoms with Gasteiger partial charge in [-0.15, -0.1) is 11.8 Å². The molecule has 31 heavy (non-hydrogen) atoms. The lowest BCUT2D eigenvalue weighted by Crippen LogP contribution is -2.17. The molecule has 5 aromatic rings. The fourth-order valence-electron chi connectivity index (χ4n) is 3.84. The molecule has 5 rings (SSSR count). The van der Waals surface area contributed by atoms with E-state index in [1.54, 1.807) is 23.9 Å². The number of para-hydroxylation sites is 2. The van der Waals surface area contributed by atoms with E-state index < -0.39 is 6.10 Å². The average Bonchev–Trinajstić information content (AvgIpc) is 3.20. The second-order valence-corrected chi connectivity index (χ2v) is 8.56. The Morgan fingerprint density at radius 3 is 2.61 bits per heavy atom. The molecule has 1 N–H and O–H groups in total. The number of nitrogens with zero attached hydrogens (tertiary/aromatic N) is 2. The van der Waals surface area contributed by atoms with Gasteiger partial charge in [-0.25, -0.2) is 9.37 Å². The van der Waals surface area contributed by atoms with Gasteiger partial charge in [0.05, 0.1) is 17.3 Å². The summed E-state index contributed by atoms with van der Waals surface area (Å²) in [6, 6.07) is 26.7. The summed E-state index contributed by atoms with van der Waals surface area (Å²) in [6.45, 7) is 0.518. The first-order valence-electron chi connectivity index (χ1n) is 10.2. The SMILES string of the molecule is OC(CSc1cc(-c2ccccc2F)nc2ccccc12)Cn1ccc2ccccc21. The maximum Gasteiger partial charge on any atom is 0.132 e. The number of aromatic nitrogens is 2. The molecule has 0 amide bonds. The summed E-state index contributed by atoms with van der Waals surface area (Å²) in [4.78, 5) is 5.66. The van der Waals surface area contributed by atoms with E-state index >= 15 is 0 Å². The Labute approximate surface area is 184 Å². The Bertz CT molecular complexity index is 1360. The van der Waals surface area contributed by atoms with Crippen LogP contribution in [-0.2, 0) is 6.54 Å². The Morgan fingerprint density at radius 1 is 0.935 bits per heavy atom. The Balaban J connectivity index is 1.41. The molecule has 0 aliphatic rings. The summed E-state index contributed by atoms with van der Waals surface area (Å²) >= 11 is 1.57. The normalized spacial score (nSPS) is 12.5. The van der Waals surface area contributed by atoms with E-state index in [0.29, 0.717) is 23.6 Å². The number of benzene rings is 3. The van der Waals surface area contributed by atoms with Crippen molar-refractivity contribution in [2.45, 2.75) is 17.5 Å². The molecule has 2 aromatic heterocycles. The topological polar surface area (TPSA) is 38.1 Å². The van der Waals surface area contributed by atoms with E-state index in [-0.39, 0.29) is 5.82 Å². The second kappa shape index (κ2) is 8.53. The number of aliphatic hydroxyl groups is 1. The van der Waals surface area contributed by atoms with E-state index in [9.17, 15) is 9.50 Å². The van der Waals surface area contributed by atoms with Crippen molar-refractivity contribution in [3.05, 3.63) is 96.9 Å². The predicted molar refractivity (Wildman–Crippen MR) is 126 cm³/mol. The monoisotopic (exact) mass is 428 g/mol. The quantitative estimate of drug-likeness (QED) is 0.330. The van der Waals surface area contributed by atoms with Gasteiger partial charge in [0, 0.05) is 39.9 Å². The summed E-state index contributed by atoms with van der Waals surface area (Å²) in [5, 5.41) is 12.9. The Morgan fingerprint density at radius 2 is 1.71 bits per heavy atom. The van der Waals surface area contributed by atoms with Crippen LogP contribution in [0.2, 0.25) is 0 Å². The minimum atomic E-state index is -0.523. The first-order valence-corrected chi connectivity index (χ1v) is 11.2. The molecule has 0 aliphatic carbocycles. The smallest absolute Gasteiger partial charge is 0.132 e. The zero-order valence-corrected chi connectivity index (χ0v) is 17.6. The predicted octanol–water partition coefficient (Wildman–Crippen LogP) is 6.15. The largest absolute Gasteiger partial charge is 0.390 e. The molecular formula is C26H21FN2OS. The molecule has 0 fully saturated rings. The molecule has 0 bridgehead atoms. The van der Waals surface area contributed by atoms with Gasteiger partial charge in [0.1, 0.15) is 5.82 Å². The fraction of sp³-hybridized carbons (Fsp3) is 0.115. The number of thioether (sulfide) groups is 1. The number of rotatable bonds is 6. The molecule has 1 unspecified atom stereocenters. The molecule has 3 nitrogen and oxygen atoms in total. The van der Waals surface area contributed by atoms with Crippen LogP contribution >= 0.6 is 11.8 Å². The van der Waals surface area contributed by atoms with Crippen LogP contribution in [0, 0.1) is 5.82 Å². The van der Waals surface area contributed by atoms with E-state index in [4.69, 9.17) is 0 Å². The van der Waals surface area contributed by atoms with E-state index in [1.165, 1.54) is 6.07 Å². The lowest BCUT2D eigenvalue weighted by Gasteiger charge is -2.14. The number of aliphatic hydroxyl groups excluding tert-OH is 1. The molecule has 0 saturated carbocycles. The van der Waals surface area contributed by atoms with Crippen LogP contribution in [0.15, 0.2) is 96.0 Å². The van der Waals surface area contributed by atoms with E-state index in [2.05, 4.69) is 27.8 Å². The van der Waals surface area contributed by atoms with Crippen molar-refractivity contribution in [1.82, 2.24) is 9.55 Å².